The summed E-state index contributed by atoms with van der Waals surface area (Å²) >= 11 is 0. The van der Waals surface area contributed by atoms with E-state index in [0.29, 0.717) is 5.92 Å². The summed E-state index contributed by atoms with van der Waals surface area (Å²) < 4.78 is 0. The Morgan fingerprint density at radius 1 is 1.50 bits per heavy atom. The van der Waals surface area contributed by atoms with Crippen LogP contribution in [-0.2, 0) is 0 Å². The molecule has 0 amide bonds. The molecule has 0 aromatic carbocycles. The topological polar surface area (TPSA) is 12.4 Å². The predicted octanol–water partition coefficient (Wildman–Crippen LogP) is 4.10. The third kappa shape index (κ3) is 4.92. The Kier molecular flexibility index (Phi) is 6.24. The molecule has 2 atom stereocenters. The largest absolute Gasteiger partial charge is 0.290 e. The van der Waals surface area contributed by atoms with Crippen LogP contribution in [-0.4, -0.2) is 12.3 Å². The summed E-state index contributed by atoms with van der Waals surface area (Å²) in [5.41, 5.74) is 0. The summed E-state index contributed by atoms with van der Waals surface area (Å²) in [5, 5.41) is 0. The summed E-state index contributed by atoms with van der Waals surface area (Å²) in [4.78, 5) is 4.42. The van der Waals surface area contributed by atoms with Crippen LogP contribution in [0.5, 0.6) is 0 Å². The molecule has 0 spiro atoms. The van der Waals surface area contributed by atoms with Crippen molar-refractivity contribution in [3.05, 3.63) is 49.1 Å². The van der Waals surface area contributed by atoms with Crippen molar-refractivity contribution in [1.29, 1.82) is 0 Å². The zero-order valence-electron chi connectivity index (χ0n) is 10.0. The minimum atomic E-state index is 0.235. The molecule has 1 heteroatoms. The second-order valence-corrected chi connectivity index (χ2v) is 3.92. The van der Waals surface area contributed by atoms with E-state index < -0.39 is 0 Å². The van der Waals surface area contributed by atoms with E-state index in [1.807, 2.05) is 12.3 Å². The highest BCUT2D eigenvalue weighted by Crippen LogP contribution is 2.13. The van der Waals surface area contributed by atoms with E-state index in [1.54, 1.807) is 0 Å². The SMILES string of the molecule is C=CC(CC=CC1C=CC=CC1)N=CCC. The first-order valence-electron chi connectivity index (χ1n) is 6.01. The van der Waals surface area contributed by atoms with Crippen molar-refractivity contribution in [3.8, 4) is 0 Å². The summed E-state index contributed by atoms with van der Waals surface area (Å²) in [6.07, 6.45) is 20.1. The number of nitrogens with zero attached hydrogens (tertiary/aromatic N) is 1. The van der Waals surface area contributed by atoms with Crippen molar-refractivity contribution < 1.29 is 0 Å². The molecule has 86 valence electrons. The lowest BCUT2D eigenvalue weighted by Gasteiger charge is -2.07. The van der Waals surface area contributed by atoms with Crippen LogP contribution in [0, 0.1) is 5.92 Å². The van der Waals surface area contributed by atoms with Crippen LogP contribution in [0.4, 0.5) is 0 Å². The average Bonchev–Trinajstić information content (AvgIpc) is 2.35. The zero-order valence-corrected chi connectivity index (χ0v) is 10.0. The normalized spacial score (nSPS) is 21.9. The van der Waals surface area contributed by atoms with Crippen molar-refractivity contribution >= 4 is 6.21 Å². The van der Waals surface area contributed by atoms with Crippen LogP contribution in [0.3, 0.4) is 0 Å². The molecule has 2 unspecified atom stereocenters. The van der Waals surface area contributed by atoms with E-state index in [2.05, 4.69) is 55.0 Å². The minimum absolute atomic E-state index is 0.235. The van der Waals surface area contributed by atoms with E-state index in [1.165, 1.54) is 0 Å². The Morgan fingerprint density at radius 2 is 2.38 bits per heavy atom. The van der Waals surface area contributed by atoms with Crippen LogP contribution in [0.15, 0.2) is 54.1 Å². The van der Waals surface area contributed by atoms with E-state index in [-0.39, 0.29) is 6.04 Å². The fraction of sp³-hybridized carbons (Fsp3) is 0.400. The summed E-state index contributed by atoms with van der Waals surface area (Å²) in [5.74, 6) is 0.561. The Balaban J connectivity index is 2.33. The van der Waals surface area contributed by atoms with E-state index >= 15 is 0 Å². The van der Waals surface area contributed by atoms with Gasteiger partial charge in [0, 0.05) is 0 Å². The van der Waals surface area contributed by atoms with Crippen molar-refractivity contribution in [3.63, 3.8) is 0 Å². The van der Waals surface area contributed by atoms with E-state index in [4.69, 9.17) is 0 Å². The third-order valence-corrected chi connectivity index (χ3v) is 2.53. The van der Waals surface area contributed by atoms with Gasteiger partial charge in [-0.2, -0.15) is 0 Å². The predicted molar refractivity (Wildman–Crippen MR) is 72.9 cm³/mol. The highest BCUT2D eigenvalue weighted by Gasteiger charge is 2.01. The van der Waals surface area contributed by atoms with Crippen LogP contribution in [0.25, 0.3) is 0 Å². The number of rotatable bonds is 6. The fourth-order valence-corrected chi connectivity index (χ4v) is 1.59. The molecule has 1 rings (SSSR count). The number of hydrogen-bond donors (Lipinski definition) is 0. The van der Waals surface area contributed by atoms with Crippen molar-refractivity contribution in [2.45, 2.75) is 32.2 Å². The maximum Gasteiger partial charge on any atom is 0.0707 e. The quantitative estimate of drug-likeness (QED) is 0.467. The van der Waals surface area contributed by atoms with Crippen molar-refractivity contribution in [2.24, 2.45) is 10.9 Å². The van der Waals surface area contributed by atoms with Gasteiger partial charge in [0.25, 0.3) is 0 Å². The maximum absolute atomic E-state index is 4.42. The Hall–Kier alpha value is -1.37. The summed E-state index contributed by atoms with van der Waals surface area (Å²) in [6, 6.07) is 0.235. The first-order valence-corrected chi connectivity index (χ1v) is 6.01. The summed E-state index contributed by atoms with van der Waals surface area (Å²) in [7, 11) is 0. The molecule has 1 nitrogen and oxygen atoms in total. The lowest BCUT2D eigenvalue weighted by molar-refractivity contribution is 0.794. The monoisotopic (exact) mass is 215 g/mol. The molecule has 1 aliphatic carbocycles. The van der Waals surface area contributed by atoms with Gasteiger partial charge in [0.1, 0.15) is 0 Å². The van der Waals surface area contributed by atoms with Gasteiger partial charge in [-0.1, -0.05) is 49.5 Å². The van der Waals surface area contributed by atoms with Gasteiger partial charge in [-0.25, -0.2) is 0 Å². The maximum atomic E-state index is 4.42. The molecule has 0 saturated heterocycles. The number of allylic oxidation sites excluding steroid dienone is 5. The lowest BCUT2D eigenvalue weighted by atomic mass is 10.00. The average molecular weight is 215 g/mol. The standard InChI is InChI=1S/C15H21N/c1-3-13-16-15(4-2)12-8-11-14-9-6-5-7-10-14/h4-9,11,13-15H,2-3,10,12H2,1H3. The van der Waals surface area contributed by atoms with Crippen molar-refractivity contribution in [1.82, 2.24) is 0 Å². The smallest absolute Gasteiger partial charge is 0.0707 e. The first-order chi connectivity index (χ1) is 7.86. The molecule has 1 aliphatic rings. The van der Waals surface area contributed by atoms with Crippen LogP contribution >= 0.6 is 0 Å². The Morgan fingerprint density at radius 3 is 3.00 bits per heavy atom. The van der Waals surface area contributed by atoms with Gasteiger partial charge >= 0.3 is 0 Å². The van der Waals surface area contributed by atoms with Gasteiger partial charge < -0.3 is 0 Å². The molecule has 0 fully saturated rings. The molecule has 0 radical (unpaired) electrons. The zero-order chi connectivity index (χ0) is 11.6. The number of hydrogen-bond acceptors (Lipinski definition) is 1. The Bertz CT molecular complexity index is 307. The van der Waals surface area contributed by atoms with Crippen LogP contribution < -0.4 is 0 Å². The van der Waals surface area contributed by atoms with Gasteiger partial charge in [0.2, 0.25) is 0 Å². The van der Waals surface area contributed by atoms with E-state index in [9.17, 15) is 0 Å². The van der Waals surface area contributed by atoms with Crippen LogP contribution in [0.2, 0.25) is 0 Å². The lowest BCUT2D eigenvalue weighted by Crippen LogP contribution is -1.99. The third-order valence-electron chi connectivity index (χ3n) is 2.53. The molecular formula is C15H21N. The summed E-state index contributed by atoms with van der Waals surface area (Å²) in [6.45, 7) is 5.90. The highest BCUT2D eigenvalue weighted by molar-refractivity contribution is 5.57. The van der Waals surface area contributed by atoms with Gasteiger partial charge in [0.15, 0.2) is 0 Å². The highest BCUT2D eigenvalue weighted by atomic mass is 14.7. The fourth-order valence-electron chi connectivity index (χ4n) is 1.59. The molecule has 0 aromatic rings. The van der Waals surface area contributed by atoms with Gasteiger partial charge in [-0.3, -0.25) is 4.99 Å². The molecule has 16 heavy (non-hydrogen) atoms. The molecule has 0 saturated carbocycles. The van der Waals surface area contributed by atoms with E-state index in [0.717, 1.165) is 19.3 Å². The minimum Gasteiger partial charge on any atom is -0.290 e. The molecule has 0 aromatic heterocycles. The van der Waals surface area contributed by atoms with Gasteiger partial charge in [0.05, 0.1) is 6.04 Å². The first kappa shape index (κ1) is 12.7. The number of aliphatic imine (C=N–C) groups is 1. The van der Waals surface area contributed by atoms with Gasteiger partial charge in [-0.15, -0.1) is 6.58 Å². The molecular weight excluding hydrogens is 194 g/mol. The van der Waals surface area contributed by atoms with Crippen LogP contribution in [0.1, 0.15) is 26.2 Å². The van der Waals surface area contributed by atoms with Crippen molar-refractivity contribution in [2.75, 3.05) is 0 Å². The second kappa shape index (κ2) is 7.86. The Labute approximate surface area is 99.0 Å². The molecule has 0 bridgehead atoms. The second-order valence-electron chi connectivity index (χ2n) is 3.92. The molecule has 0 N–H and O–H groups in total. The van der Waals surface area contributed by atoms with Gasteiger partial charge in [-0.05, 0) is 31.4 Å². The molecule has 0 heterocycles. The molecule has 0 aliphatic heterocycles.